The normalized spacial score (nSPS) is 13.0. The minimum Gasteiger partial charge on any atom is -0.329 e. The van der Waals surface area contributed by atoms with Gasteiger partial charge in [0.05, 0.1) is 4.90 Å². The third-order valence-electron chi connectivity index (χ3n) is 2.78. The van der Waals surface area contributed by atoms with Crippen LogP contribution in [0.3, 0.4) is 0 Å². The van der Waals surface area contributed by atoms with Crippen LogP contribution in [0.4, 0.5) is 0 Å². The first-order chi connectivity index (χ1) is 8.18. The van der Waals surface area contributed by atoms with Crippen LogP contribution < -0.4 is 10.5 Å². The molecule has 0 fully saturated rings. The zero-order chi connectivity index (χ0) is 14.0. The van der Waals surface area contributed by atoms with Gasteiger partial charge in [-0.3, -0.25) is 0 Å². The monoisotopic (exact) mass is 270 g/mol. The van der Waals surface area contributed by atoms with E-state index in [9.17, 15) is 8.42 Å². The van der Waals surface area contributed by atoms with E-state index in [1.807, 2.05) is 12.1 Å². The van der Waals surface area contributed by atoms with Gasteiger partial charge in [-0.15, -0.1) is 0 Å². The molecule has 0 spiro atoms. The fraction of sp³-hybridized carbons (Fsp3) is 0.538. The van der Waals surface area contributed by atoms with Gasteiger partial charge in [-0.25, -0.2) is 13.1 Å². The highest BCUT2D eigenvalue weighted by Crippen LogP contribution is 2.18. The quantitative estimate of drug-likeness (QED) is 0.857. The molecule has 5 heteroatoms. The molecule has 0 aromatic heterocycles. The summed E-state index contributed by atoms with van der Waals surface area (Å²) in [6, 6.07) is 6.94. The lowest BCUT2D eigenvalue weighted by Gasteiger charge is -2.23. The molecule has 0 aliphatic rings. The summed E-state index contributed by atoms with van der Waals surface area (Å²) >= 11 is 0. The van der Waals surface area contributed by atoms with Gasteiger partial charge in [0, 0.05) is 12.1 Å². The van der Waals surface area contributed by atoms with E-state index in [1.165, 1.54) is 0 Å². The third-order valence-corrected chi connectivity index (χ3v) is 4.49. The first kappa shape index (κ1) is 15.1. The molecule has 102 valence electrons. The van der Waals surface area contributed by atoms with Crippen LogP contribution in [-0.2, 0) is 10.0 Å². The number of rotatable bonds is 5. The Morgan fingerprint density at radius 2 is 1.72 bits per heavy atom. The van der Waals surface area contributed by atoms with E-state index in [0.29, 0.717) is 5.92 Å². The Morgan fingerprint density at radius 3 is 2.11 bits per heavy atom. The standard InChI is InChI=1S/C13H22N2O2S/c1-10(2)11-5-7-12(8-6-11)18(16,17)15-13(3,4)9-14/h5-8,10,15H,9,14H2,1-4H3. The van der Waals surface area contributed by atoms with Crippen molar-refractivity contribution >= 4 is 10.0 Å². The molecule has 0 amide bonds. The van der Waals surface area contributed by atoms with Crippen molar-refractivity contribution in [3.63, 3.8) is 0 Å². The number of nitrogens with two attached hydrogens (primary N) is 1. The zero-order valence-corrected chi connectivity index (χ0v) is 12.2. The fourth-order valence-electron chi connectivity index (χ4n) is 1.50. The van der Waals surface area contributed by atoms with Crippen molar-refractivity contribution in [2.24, 2.45) is 5.73 Å². The molecule has 1 aromatic carbocycles. The molecule has 1 rings (SSSR count). The van der Waals surface area contributed by atoms with Crippen molar-refractivity contribution in [1.82, 2.24) is 4.72 Å². The molecule has 0 unspecified atom stereocenters. The van der Waals surface area contributed by atoms with Gasteiger partial charge in [0.15, 0.2) is 0 Å². The second kappa shape index (κ2) is 5.38. The molecule has 1 aromatic rings. The average molecular weight is 270 g/mol. The number of hydrogen-bond donors (Lipinski definition) is 2. The number of nitrogens with one attached hydrogen (secondary N) is 1. The zero-order valence-electron chi connectivity index (χ0n) is 11.4. The number of sulfonamides is 1. The summed E-state index contributed by atoms with van der Waals surface area (Å²) in [5.41, 5.74) is 6.00. The molecule has 0 saturated heterocycles. The molecule has 0 heterocycles. The van der Waals surface area contributed by atoms with Crippen molar-refractivity contribution in [2.45, 2.75) is 44.0 Å². The largest absolute Gasteiger partial charge is 0.329 e. The highest BCUT2D eigenvalue weighted by atomic mass is 32.2. The maximum absolute atomic E-state index is 12.1. The summed E-state index contributed by atoms with van der Waals surface area (Å²) in [6.45, 7) is 7.90. The van der Waals surface area contributed by atoms with Gasteiger partial charge in [-0.1, -0.05) is 26.0 Å². The van der Waals surface area contributed by atoms with Crippen molar-refractivity contribution in [3.8, 4) is 0 Å². The summed E-state index contributed by atoms with van der Waals surface area (Å²) in [4.78, 5) is 0.272. The van der Waals surface area contributed by atoms with E-state index < -0.39 is 15.6 Å². The van der Waals surface area contributed by atoms with Gasteiger partial charge in [-0.2, -0.15) is 0 Å². The minimum absolute atomic E-state index is 0.246. The molecule has 0 bridgehead atoms. The Labute approximate surface area is 110 Å². The van der Waals surface area contributed by atoms with Crippen molar-refractivity contribution in [2.75, 3.05) is 6.54 Å². The van der Waals surface area contributed by atoms with Gasteiger partial charge in [-0.05, 0) is 37.5 Å². The van der Waals surface area contributed by atoms with E-state index >= 15 is 0 Å². The molecule has 0 radical (unpaired) electrons. The van der Waals surface area contributed by atoms with Crippen molar-refractivity contribution < 1.29 is 8.42 Å². The molecule has 0 aliphatic heterocycles. The molecule has 0 aliphatic carbocycles. The highest BCUT2D eigenvalue weighted by Gasteiger charge is 2.24. The van der Waals surface area contributed by atoms with Crippen LogP contribution in [0.25, 0.3) is 0 Å². The Hall–Kier alpha value is -0.910. The third kappa shape index (κ3) is 3.80. The lowest BCUT2D eigenvalue weighted by Crippen LogP contribution is -2.48. The lowest BCUT2D eigenvalue weighted by molar-refractivity contribution is 0.462. The maximum atomic E-state index is 12.1. The van der Waals surface area contributed by atoms with Crippen molar-refractivity contribution in [3.05, 3.63) is 29.8 Å². The smallest absolute Gasteiger partial charge is 0.241 e. The molecule has 0 saturated carbocycles. The Morgan fingerprint density at radius 1 is 1.22 bits per heavy atom. The van der Waals surface area contributed by atoms with E-state index in [4.69, 9.17) is 5.73 Å². The molecular formula is C13H22N2O2S. The van der Waals surface area contributed by atoms with E-state index in [1.54, 1.807) is 26.0 Å². The average Bonchev–Trinajstić information content (AvgIpc) is 2.28. The predicted molar refractivity (Wildman–Crippen MR) is 74.0 cm³/mol. The van der Waals surface area contributed by atoms with Gasteiger partial charge in [0.2, 0.25) is 10.0 Å². The molecule has 18 heavy (non-hydrogen) atoms. The van der Waals surface area contributed by atoms with Crippen LogP contribution in [0, 0.1) is 0 Å². The van der Waals surface area contributed by atoms with Crippen molar-refractivity contribution in [1.29, 1.82) is 0 Å². The van der Waals surface area contributed by atoms with E-state index in [0.717, 1.165) is 5.56 Å². The van der Waals surface area contributed by atoms with Gasteiger partial charge >= 0.3 is 0 Å². The minimum atomic E-state index is -3.50. The molecular weight excluding hydrogens is 248 g/mol. The van der Waals surface area contributed by atoms with Crippen LogP contribution >= 0.6 is 0 Å². The summed E-state index contributed by atoms with van der Waals surface area (Å²) in [5, 5.41) is 0. The van der Waals surface area contributed by atoms with E-state index in [-0.39, 0.29) is 11.4 Å². The number of benzene rings is 1. The lowest BCUT2D eigenvalue weighted by atomic mass is 10.0. The topological polar surface area (TPSA) is 72.2 Å². The van der Waals surface area contributed by atoms with Crippen LogP contribution in [0.5, 0.6) is 0 Å². The summed E-state index contributed by atoms with van der Waals surface area (Å²) in [6.07, 6.45) is 0. The first-order valence-electron chi connectivity index (χ1n) is 6.02. The Balaban J connectivity index is 2.99. The van der Waals surface area contributed by atoms with E-state index in [2.05, 4.69) is 18.6 Å². The second-order valence-electron chi connectivity index (χ2n) is 5.42. The van der Waals surface area contributed by atoms with Crippen LogP contribution in [0.15, 0.2) is 29.2 Å². The predicted octanol–water partition coefficient (Wildman–Crippen LogP) is 1.83. The molecule has 3 N–H and O–H groups in total. The van der Waals surface area contributed by atoms with Crippen LogP contribution in [0.2, 0.25) is 0 Å². The van der Waals surface area contributed by atoms with Crippen LogP contribution in [0.1, 0.15) is 39.2 Å². The first-order valence-corrected chi connectivity index (χ1v) is 7.50. The summed E-state index contributed by atoms with van der Waals surface area (Å²) < 4.78 is 26.8. The number of hydrogen-bond acceptors (Lipinski definition) is 3. The Kier molecular flexibility index (Phi) is 4.53. The van der Waals surface area contributed by atoms with Gasteiger partial charge in [0.1, 0.15) is 0 Å². The summed E-state index contributed by atoms with van der Waals surface area (Å²) in [7, 11) is -3.50. The Bertz CT molecular complexity index is 490. The fourth-order valence-corrected chi connectivity index (χ4v) is 2.92. The second-order valence-corrected chi connectivity index (χ2v) is 7.10. The highest BCUT2D eigenvalue weighted by molar-refractivity contribution is 7.89. The molecule has 4 nitrogen and oxygen atoms in total. The summed E-state index contributed by atoms with van der Waals surface area (Å²) in [5.74, 6) is 0.384. The maximum Gasteiger partial charge on any atom is 0.241 e. The SMILES string of the molecule is CC(C)c1ccc(S(=O)(=O)NC(C)(C)CN)cc1. The van der Waals surface area contributed by atoms with Crippen LogP contribution in [-0.4, -0.2) is 20.5 Å². The molecule has 0 atom stereocenters. The van der Waals surface area contributed by atoms with Gasteiger partial charge < -0.3 is 5.73 Å². The van der Waals surface area contributed by atoms with Gasteiger partial charge in [0.25, 0.3) is 0 Å².